The first-order valence-corrected chi connectivity index (χ1v) is 8.96. The van der Waals surface area contributed by atoms with Crippen LogP contribution in [0, 0.1) is 17.8 Å². The molecule has 0 aromatic heterocycles. The first-order valence-electron chi connectivity index (χ1n) is 7.42. The van der Waals surface area contributed by atoms with E-state index in [4.69, 9.17) is 4.74 Å². The van der Waals surface area contributed by atoms with E-state index in [1.807, 2.05) is 0 Å². The SMILES string of the molecule is O=C(NS(=O)(=O)C1CCOC1)[C@@H]1C[C@H]1C1CCNCC1. The average Bonchev–Trinajstić information content (AvgIpc) is 3.04. The third-order valence-electron chi connectivity index (χ3n) is 4.74. The molecule has 0 bridgehead atoms. The third kappa shape index (κ3) is 2.99. The van der Waals surface area contributed by atoms with Crippen LogP contribution in [0.5, 0.6) is 0 Å². The molecule has 0 aromatic carbocycles. The maximum absolute atomic E-state index is 12.1. The molecule has 3 fully saturated rings. The van der Waals surface area contributed by atoms with Crippen LogP contribution in [0.25, 0.3) is 0 Å². The van der Waals surface area contributed by atoms with Crippen molar-refractivity contribution in [3.05, 3.63) is 0 Å². The first kappa shape index (κ1) is 14.3. The van der Waals surface area contributed by atoms with Crippen molar-refractivity contribution in [3.8, 4) is 0 Å². The molecule has 1 unspecified atom stereocenters. The summed E-state index contributed by atoms with van der Waals surface area (Å²) in [5.74, 6) is 0.548. The fraction of sp³-hybridized carbons (Fsp3) is 0.923. The van der Waals surface area contributed by atoms with Gasteiger partial charge in [-0.3, -0.25) is 9.52 Å². The van der Waals surface area contributed by atoms with E-state index >= 15 is 0 Å². The van der Waals surface area contributed by atoms with E-state index in [1.165, 1.54) is 0 Å². The predicted octanol–water partition coefficient (Wildman–Crippen LogP) is -0.143. The van der Waals surface area contributed by atoms with E-state index in [2.05, 4.69) is 10.0 Å². The van der Waals surface area contributed by atoms with E-state index in [-0.39, 0.29) is 18.4 Å². The highest BCUT2D eigenvalue weighted by Crippen LogP contribution is 2.47. The largest absolute Gasteiger partial charge is 0.380 e. The highest BCUT2D eigenvalue weighted by Gasteiger charge is 2.48. The lowest BCUT2D eigenvalue weighted by Crippen LogP contribution is -2.40. The molecule has 114 valence electrons. The minimum atomic E-state index is -3.56. The van der Waals surface area contributed by atoms with Crippen LogP contribution in [-0.4, -0.2) is 45.9 Å². The van der Waals surface area contributed by atoms with Crippen molar-refractivity contribution < 1.29 is 17.9 Å². The summed E-state index contributed by atoms with van der Waals surface area (Å²) < 4.78 is 31.4. The summed E-state index contributed by atoms with van der Waals surface area (Å²) in [5.41, 5.74) is 0. The van der Waals surface area contributed by atoms with Crippen LogP contribution in [-0.2, 0) is 19.6 Å². The molecule has 1 amide bonds. The van der Waals surface area contributed by atoms with E-state index in [0.29, 0.717) is 24.9 Å². The second kappa shape index (κ2) is 5.61. The second-order valence-electron chi connectivity index (χ2n) is 6.09. The average molecular weight is 302 g/mol. The van der Waals surface area contributed by atoms with E-state index in [0.717, 1.165) is 32.4 Å². The zero-order valence-electron chi connectivity index (χ0n) is 11.5. The lowest BCUT2D eigenvalue weighted by molar-refractivity contribution is -0.121. The van der Waals surface area contributed by atoms with Crippen molar-refractivity contribution in [3.63, 3.8) is 0 Å². The molecule has 0 aromatic rings. The van der Waals surface area contributed by atoms with E-state index in [1.54, 1.807) is 0 Å². The maximum atomic E-state index is 12.1. The van der Waals surface area contributed by atoms with Gasteiger partial charge in [0.15, 0.2) is 0 Å². The Kier molecular flexibility index (Phi) is 4.01. The Labute approximate surface area is 119 Å². The molecule has 2 N–H and O–H groups in total. The molecule has 7 heteroatoms. The quantitative estimate of drug-likeness (QED) is 0.755. The minimum Gasteiger partial charge on any atom is -0.380 e. The highest BCUT2D eigenvalue weighted by atomic mass is 32.2. The monoisotopic (exact) mass is 302 g/mol. The molecule has 1 saturated carbocycles. The molecule has 20 heavy (non-hydrogen) atoms. The summed E-state index contributed by atoms with van der Waals surface area (Å²) >= 11 is 0. The van der Waals surface area contributed by atoms with Gasteiger partial charge in [0.25, 0.3) is 0 Å². The van der Waals surface area contributed by atoms with Crippen molar-refractivity contribution >= 4 is 15.9 Å². The smallest absolute Gasteiger partial charge is 0.240 e. The van der Waals surface area contributed by atoms with Crippen molar-refractivity contribution in [1.82, 2.24) is 10.0 Å². The van der Waals surface area contributed by atoms with Crippen molar-refractivity contribution in [2.45, 2.75) is 30.9 Å². The Morgan fingerprint density at radius 3 is 2.60 bits per heavy atom. The number of carbonyl (C=O) groups is 1. The Morgan fingerprint density at radius 2 is 1.95 bits per heavy atom. The number of carbonyl (C=O) groups excluding carboxylic acids is 1. The number of ether oxygens (including phenoxy) is 1. The molecule has 0 radical (unpaired) electrons. The van der Waals surface area contributed by atoms with Crippen LogP contribution in [0.15, 0.2) is 0 Å². The van der Waals surface area contributed by atoms with Gasteiger partial charge in [0.2, 0.25) is 15.9 Å². The molecule has 3 aliphatic rings. The van der Waals surface area contributed by atoms with Gasteiger partial charge in [-0.2, -0.15) is 0 Å². The third-order valence-corrected chi connectivity index (χ3v) is 6.47. The summed E-state index contributed by atoms with van der Waals surface area (Å²) in [7, 11) is -3.56. The van der Waals surface area contributed by atoms with Gasteiger partial charge >= 0.3 is 0 Å². The molecule has 0 spiro atoms. The lowest BCUT2D eigenvalue weighted by atomic mass is 9.92. The lowest BCUT2D eigenvalue weighted by Gasteiger charge is -2.22. The summed E-state index contributed by atoms with van der Waals surface area (Å²) in [4.78, 5) is 12.1. The zero-order valence-corrected chi connectivity index (χ0v) is 12.3. The minimum absolute atomic E-state index is 0.102. The topological polar surface area (TPSA) is 84.5 Å². The van der Waals surface area contributed by atoms with Crippen molar-refractivity contribution in [2.75, 3.05) is 26.3 Å². The number of amides is 1. The van der Waals surface area contributed by atoms with Gasteiger partial charge < -0.3 is 10.1 Å². The zero-order chi connectivity index (χ0) is 14.2. The van der Waals surface area contributed by atoms with Crippen LogP contribution in [0.3, 0.4) is 0 Å². The summed E-state index contributed by atoms with van der Waals surface area (Å²) in [5, 5.41) is 2.74. The van der Waals surface area contributed by atoms with Gasteiger partial charge in [0, 0.05) is 12.5 Å². The van der Waals surface area contributed by atoms with Gasteiger partial charge in [-0.25, -0.2) is 8.42 Å². The molecule has 3 atom stereocenters. The van der Waals surface area contributed by atoms with Crippen LogP contribution in [0.1, 0.15) is 25.7 Å². The fourth-order valence-corrected chi connectivity index (χ4v) is 4.65. The molecule has 1 aliphatic carbocycles. The number of sulfonamides is 1. The van der Waals surface area contributed by atoms with Crippen LogP contribution >= 0.6 is 0 Å². The standard InChI is InChI=1S/C13H22N2O4S/c16-13(15-20(17,18)10-3-6-19-8-10)12-7-11(12)9-1-4-14-5-2-9/h9-12,14H,1-8H2,(H,15,16)/t10?,11-,12+/m0/s1. The normalized spacial score (nSPS) is 34.9. The van der Waals surface area contributed by atoms with E-state index < -0.39 is 15.3 Å². The molecule has 2 heterocycles. The second-order valence-corrected chi connectivity index (χ2v) is 8.05. The maximum Gasteiger partial charge on any atom is 0.240 e. The molecule has 6 nitrogen and oxygen atoms in total. The van der Waals surface area contributed by atoms with Crippen molar-refractivity contribution in [1.29, 1.82) is 0 Å². The summed E-state index contributed by atoms with van der Waals surface area (Å²) in [6.07, 6.45) is 3.51. The van der Waals surface area contributed by atoms with Gasteiger partial charge in [-0.05, 0) is 50.6 Å². The van der Waals surface area contributed by atoms with Gasteiger partial charge in [0.1, 0.15) is 5.25 Å². The number of nitrogens with one attached hydrogen (secondary N) is 2. The van der Waals surface area contributed by atoms with Gasteiger partial charge in [-0.15, -0.1) is 0 Å². The number of piperidine rings is 1. The number of hydrogen-bond acceptors (Lipinski definition) is 5. The first-order chi connectivity index (χ1) is 9.58. The van der Waals surface area contributed by atoms with Crippen LogP contribution < -0.4 is 10.0 Å². The summed E-state index contributed by atoms with van der Waals surface area (Å²) in [6, 6.07) is 0. The Morgan fingerprint density at radius 1 is 1.20 bits per heavy atom. The molecule has 2 aliphatic heterocycles. The Bertz CT molecular complexity index is 467. The number of hydrogen-bond donors (Lipinski definition) is 2. The molecular weight excluding hydrogens is 280 g/mol. The van der Waals surface area contributed by atoms with Crippen LogP contribution in [0.4, 0.5) is 0 Å². The number of rotatable bonds is 4. The molecule has 3 rings (SSSR count). The molecule has 2 saturated heterocycles. The van der Waals surface area contributed by atoms with Gasteiger partial charge in [-0.1, -0.05) is 0 Å². The highest BCUT2D eigenvalue weighted by molar-refractivity contribution is 7.90. The Balaban J connectivity index is 1.52. The molecular formula is C13H22N2O4S. The summed E-state index contributed by atoms with van der Waals surface area (Å²) in [6.45, 7) is 2.67. The fourth-order valence-electron chi connectivity index (χ4n) is 3.37. The van der Waals surface area contributed by atoms with E-state index in [9.17, 15) is 13.2 Å². The van der Waals surface area contributed by atoms with Gasteiger partial charge in [0.05, 0.1) is 6.61 Å². The Hall–Kier alpha value is -0.660. The van der Waals surface area contributed by atoms with Crippen LogP contribution in [0.2, 0.25) is 0 Å². The predicted molar refractivity (Wildman–Crippen MR) is 73.5 cm³/mol. The van der Waals surface area contributed by atoms with Crippen molar-refractivity contribution in [2.24, 2.45) is 17.8 Å².